The van der Waals surface area contributed by atoms with Gasteiger partial charge in [0.1, 0.15) is 17.6 Å². The van der Waals surface area contributed by atoms with Crippen molar-refractivity contribution in [3.05, 3.63) is 59.9 Å². The first-order valence-corrected chi connectivity index (χ1v) is 11.0. The van der Waals surface area contributed by atoms with Crippen LogP contribution < -0.4 is 4.74 Å². The molecule has 2 aliphatic heterocycles. The number of aromatic nitrogens is 2. The molecule has 0 radical (unpaired) electrons. The van der Waals surface area contributed by atoms with Gasteiger partial charge in [-0.05, 0) is 42.0 Å². The van der Waals surface area contributed by atoms with E-state index in [0.717, 1.165) is 60.2 Å². The van der Waals surface area contributed by atoms with Gasteiger partial charge in [0.25, 0.3) is 0 Å². The number of ether oxygens (including phenoxy) is 2. The Labute approximate surface area is 186 Å². The zero-order valence-electron chi connectivity index (χ0n) is 18.2. The second-order valence-electron chi connectivity index (χ2n) is 8.08. The summed E-state index contributed by atoms with van der Waals surface area (Å²) in [5.41, 5.74) is 3.70. The van der Waals surface area contributed by atoms with Crippen LogP contribution in [0.25, 0.3) is 11.0 Å². The van der Waals surface area contributed by atoms with E-state index in [1.807, 2.05) is 48.5 Å². The van der Waals surface area contributed by atoms with Gasteiger partial charge in [0.05, 0.1) is 37.1 Å². The number of morpholine rings is 1. The van der Waals surface area contributed by atoms with E-state index in [2.05, 4.69) is 9.88 Å². The maximum Gasteiger partial charge on any atom is 0.244 e. The number of rotatable bonds is 6. The van der Waals surface area contributed by atoms with Crippen LogP contribution in [0.3, 0.4) is 0 Å². The molecule has 0 bridgehead atoms. The summed E-state index contributed by atoms with van der Waals surface area (Å²) in [5.74, 6) is 1.56. The Hall–Kier alpha value is -3.23. The van der Waals surface area contributed by atoms with E-state index >= 15 is 0 Å². The fourth-order valence-corrected chi connectivity index (χ4v) is 4.23. The number of hydrogen-bond acceptors (Lipinski definition) is 6. The lowest BCUT2D eigenvalue weighted by Crippen LogP contribution is -2.39. The number of fused-ring (bicyclic) bond motifs is 1. The number of para-hydroxylation sites is 2. The maximum atomic E-state index is 13.3. The van der Waals surface area contributed by atoms with Gasteiger partial charge in [-0.2, -0.15) is 5.10 Å². The smallest absolute Gasteiger partial charge is 0.244 e. The number of methoxy groups -OCH3 is 1. The van der Waals surface area contributed by atoms with Gasteiger partial charge in [0, 0.05) is 32.5 Å². The topological polar surface area (TPSA) is 83.1 Å². The van der Waals surface area contributed by atoms with Crippen molar-refractivity contribution in [3.63, 3.8) is 0 Å². The molecule has 0 saturated carbocycles. The Kier molecular flexibility index (Phi) is 5.87. The number of imidazole rings is 1. The molecule has 32 heavy (non-hydrogen) atoms. The molecular weight excluding hydrogens is 406 g/mol. The highest BCUT2D eigenvalue weighted by Crippen LogP contribution is 2.33. The number of aromatic amines is 1. The lowest BCUT2D eigenvalue weighted by molar-refractivity contribution is -0.133. The second kappa shape index (κ2) is 9.10. The number of amides is 1. The summed E-state index contributed by atoms with van der Waals surface area (Å²) in [4.78, 5) is 23.7. The third kappa shape index (κ3) is 4.24. The molecule has 8 nitrogen and oxygen atoms in total. The first-order valence-electron chi connectivity index (χ1n) is 11.0. The fourth-order valence-electron chi connectivity index (χ4n) is 4.23. The Morgan fingerprint density at radius 2 is 1.94 bits per heavy atom. The molecule has 2 aromatic carbocycles. The van der Waals surface area contributed by atoms with Crippen molar-refractivity contribution in [1.82, 2.24) is 19.9 Å². The highest BCUT2D eigenvalue weighted by molar-refractivity contribution is 6.03. The Morgan fingerprint density at radius 1 is 1.16 bits per heavy atom. The first kappa shape index (κ1) is 20.7. The van der Waals surface area contributed by atoms with Crippen LogP contribution in [-0.4, -0.2) is 71.5 Å². The van der Waals surface area contributed by atoms with Gasteiger partial charge in [0.2, 0.25) is 5.91 Å². The molecule has 0 aliphatic carbocycles. The van der Waals surface area contributed by atoms with Gasteiger partial charge in [0.15, 0.2) is 0 Å². The normalized spacial score (nSPS) is 19.3. The Morgan fingerprint density at radius 3 is 2.69 bits per heavy atom. The summed E-state index contributed by atoms with van der Waals surface area (Å²) in [6, 6.07) is 15.4. The van der Waals surface area contributed by atoms with E-state index in [1.165, 1.54) is 0 Å². The number of H-pyrrole nitrogens is 1. The predicted molar refractivity (Wildman–Crippen MR) is 122 cm³/mol. The molecule has 166 valence electrons. The molecule has 3 aromatic rings. The van der Waals surface area contributed by atoms with Crippen LogP contribution in [0.1, 0.15) is 30.3 Å². The molecule has 1 aromatic heterocycles. The van der Waals surface area contributed by atoms with E-state index in [-0.39, 0.29) is 11.9 Å². The third-order valence-corrected chi connectivity index (χ3v) is 6.06. The lowest BCUT2D eigenvalue weighted by atomic mass is 10.0. The molecule has 3 heterocycles. The van der Waals surface area contributed by atoms with Gasteiger partial charge in [-0.3, -0.25) is 9.69 Å². The molecule has 0 spiro atoms. The summed E-state index contributed by atoms with van der Waals surface area (Å²) >= 11 is 0. The average molecular weight is 434 g/mol. The zero-order chi connectivity index (χ0) is 21.9. The Bertz CT molecular complexity index is 1090. The standard InChI is InChI=1S/C24H27N5O3/c1-31-18-8-6-17(7-9-18)21-16-22(24-25-19-4-2-3-5-20(19)26-24)29(27-21)23(30)10-11-28-12-14-32-15-13-28/h2-9,22H,10-16H2,1H3,(H,25,26)/t22-/m1/s1. The summed E-state index contributed by atoms with van der Waals surface area (Å²) in [7, 11) is 1.65. The number of carbonyl (C=O) groups is 1. The van der Waals surface area contributed by atoms with Crippen molar-refractivity contribution in [2.75, 3.05) is 40.0 Å². The van der Waals surface area contributed by atoms with E-state index in [0.29, 0.717) is 19.4 Å². The highest BCUT2D eigenvalue weighted by Gasteiger charge is 2.35. The number of carbonyl (C=O) groups excluding carboxylic acids is 1. The van der Waals surface area contributed by atoms with Crippen molar-refractivity contribution in [2.24, 2.45) is 5.10 Å². The second-order valence-corrected chi connectivity index (χ2v) is 8.08. The number of nitrogens with one attached hydrogen (secondary N) is 1. The van der Waals surface area contributed by atoms with Gasteiger partial charge in [-0.15, -0.1) is 0 Å². The molecular formula is C24H27N5O3. The molecule has 1 amide bonds. The quantitative estimate of drug-likeness (QED) is 0.646. The fraction of sp³-hybridized carbons (Fsp3) is 0.375. The van der Waals surface area contributed by atoms with Crippen molar-refractivity contribution in [2.45, 2.75) is 18.9 Å². The zero-order valence-corrected chi connectivity index (χ0v) is 18.2. The first-order chi connectivity index (χ1) is 15.7. The van der Waals surface area contributed by atoms with Gasteiger partial charge < -0.3 is 14.5 Å². The molecule has 8 heteroatoms. The van der Waals surface area contributed by atoms with Crippen molar-refractivity contribution >= 4 is 22.7 Å². The molecule has 1 N–H and O–H groups in total. The van der Waals surface area contributed by atoms with Crippen molar-refractivity contribution in [1.29, 1.82) is 0 Å². The lowest BCUT2D eigenvalue weighted by Gasteiger charge is -2.27. The third-order valence-electron chi connectivity index (χ3n) is 6.06. The van der Waals surface area contributed by atoms with Crippen LogP contribution in [0.15, 0.2) is 53.6 Å². The van der Waals surface area contributed by atoms with E-state index < -0.39 is 0 Å². The van der Waals surface area contributed by atoms with Crippen LogP contribution in [0.4, 0.5) is 0 Å². The SMILES string of the molecule is COc1ccc(C2=NN(C(=O)CCN3CCOCC3)[C@@H](c3nc4ccccc4[nH]3)C2)cc1. The summed E-state index contributed by atoms with van der Waals surface area (Å²) < 4.78 is 10.7. The maximum absolute atomic E-state index is 13.3. The van der Waals surface area contributed by atoms with E-state index in [1.54, 1.807) is 12.1 Å². The molecule has 1 fully saturated rings. The summed E-state index contributed by atoms with van der Waals surface area (Å²) in [5, 5.41) is 6.38. The molecule has 0 unspecified atom stereocenters. The van der Waals surface area contributed by atoms with E-state index in [9.17, 15) is 4.79 Å². The Balaban J connectivity index is 1.40. The number of hydrogen-bond donors (Lipinski definition) is 1. The van der Waals surface area contributed by atoms with Crippen molar-refractivity contribution in [3.8, 4) is 5.75 Å². The minimum atomic E-state index is -0.253. The molecule has 1 saturated heterocycles. The average Bonchev–Trinajstić information content (AvgIpc) is 3.48. The molecule has 2 aliphatic rings. The van der Waals surface area contributed by atoms with Crippen LogP contribution in [0, 0.1) is 0 Å². The van der Waals surface area contributed by atoms with Gasteiger partial charge in [-0.1, -0.05) is 12.1 Å². The minimum Gasteiger partial charge on any atom is -0.497 e. The summed E-state index contributed by atoms with van der Waals surface area (Å²) in [6.45, 7) is 3.87. The molecule has 1 atom stereocenters. The van der Waals surface area contributed by atoms with E-state index in [4.69, 9.17) is 19.6 Å². The molecule has 5 rings (SSSR count). The van der Waals surface area contributed by atoms with Crippen LogP contribution in [-0.2, 0) is 9.53 Å². The van der Waals surface area contributed by atoms with Crippen LogP contribution in [0.2, 0.25) is 0 Å². The highest BCUT2D eigenvalue weighted by atomic mass is 16.5. The van der Waals surface area contributed by atoms with Gasteiger partial charge in [-0.25, -0.2) is 9.99 Å². The van der Waals surface area contributed by atoms with Crippen LogP contribution >= 0.6 is 0 Å². The monoisotopic (exact) mass is 433 g/mol. The largest absolute Gasteiger partial charge is 0.497 e. The van der Waals surface area contributed by atoms with Crippen molar-refractivity contribution < 1.29 is 14.3 Å². The number of hydrazone groups is 1. The number of benzene rings is 2. The van der Waals surface area contributed by atoms with Crippen LogP contribution in [0.5, 0.6) is 5.75 Å². The summed E-state index contributed by atoms with van der Waals surface area (Å²) in [6.07, 6.45) is 1.02. The number of nitrogens with zero attached hydrogens (tertiary/aromatic N) is 4. The minimum absolute atomic E-state index is 0.00506. The van der Waals surface area contributed by atoms with Gasteiger partial charge >= 0.3 is 0 Å². The predicted octanol–water partition coefficient (Wildman–Crippen LogP) is 2.97.